The van der Waals surface area contributed by atoms with Gasteiger partial charge in [-0.3, -0.25) is 0 Å². The van der Waals surface area contributed by atoms with Crippen molar-refractivity contribution in [2.24, 2.45) is 0 Å². The minimum Gasteiger partial charge on any atom is -0.343 e. The zero-order valence-corrected chi connectivity index (χ0v) is 7.40. The first kappa shape index (κ1) is 7.54. The van der Waals surface area contributed by atoms with Crippen molar-refractivity contribution in [3.63, 3.8) is 0 Å². The van der Waals surface area contributed by atoms with Crippen molar-refractivity contribution in [1.29, 1.82) is 0 Å². The van der Waals surface area contributed by atoms with Crippen LogP contribution < -0.4 is 0 Å². The second-order valence-electron chi connectivity index (χ2n) is 3.73. The van der Waals surface area contributed by atoms with Crippen LogP contribution in [0.2, 0.25) is 0 Å². The normalized spacial score (nSPS) is 34.9. The minimum atomic E-state index is -0.157. The molecule has 2 atom stereocenters. The molecule has 0 spiro atoms. The summed E-state index contributed by atoms with van der Waals surface area (Å²) in [5, 5.41) is 0. The molecule has 0 N–H and O–H groups in total. The highest BCUT2D eigenvalue weighted by atomic mass is 16.8. The second kappa shape index (κ2) is 2.56. The van der Waals surface area contributed by atoms with Gasteiger partial charge < -0.3 is 9.47 Å². The lowest BCUT2D eigenvalue weighted by Gasteiger charge is -2.19. The van der Waals surface area contributed by atoms with Gasteiger partial charge in [-0.05, 0) is 12.0 Å². The molecule has 0 radical (unpaired) electrons. The summed E-state index contributed by atoms with van der Waals surface area (Å²) in [5.74, 6) is -0.157. The molecular weight excluding hydrogens is 164 g/mol. The van der Waals surface area contributed by atoms with E-state index in [0.717, 1.165) is 6.42 Å². The van der Waals surface area contributed by atoms with Crippen LogP contribution in [0.5, 0.6) is 0 Å². The van der Waals surface area contributed by atoms with Crippen molar-refractivity contribution in [2.45, 2.75) is 31.3 Å². The van der Waals surface area contributed by atoms with Gasteiger partial charge in [-0.2, -0.15) is 0 Å². The summed E-state index contributed by atoms with van der Waals surface area (Å²) in [5.41, 5.74) is 1.22. The largest absolute Gasteiger partial charge is 0.343 e. The summed E-state index contributed by atoms with van der Waals surface area (Å²) in [4.78, 5) is 0. The van der Waals surface area contributed by atoms with Gasteiger partial charge in [-0.15, -0.1) is 0 Å². The van der Waals surface area contributed by atoms with Crippen LogP contribution in [0.4, 0.5) is 0 Å². The van der Waals surface area contributed by atoms with Crippen molar-refractivity contribution < 1.29 is 9.47 Å². The molecular formula is C11H12O2. The Morgan fingerprint density at radius 2 is 2.23 bits per heavy atom. The molecule has 1 aromatic rings. The average Bonchev–Trinajstić information content (AvgIpc) is 2.68. The van der Waals surface area contributed by atoms with E-state index in [1.165, 1.54) is 12.0 Å². The van der Waals surface area contributed by atoms with Gasteiger partial charge >= 0.3 is 0 Å². The topological polar surface area (TPSA) is 21.8 Å². The zero-order valence-electron chi connectivity index (χ0n) is 7.40. The molecule has 1 heterocycles. The number of rotatable bonds is 3. The van der Waals surface area contributed by atoms with Gasteiger partial charge in [0.25, 0.3) is 0 Å². The summed E-state index contributed by atoms with van der Waals surface area (Å²) < 4.78 is 11.1. The van der Waals surface area contributed by atoms with Gasteiger partial charge in [0.2, 0.25) is 0 Å². The van der Waals surface area contributed by atoms with Crippen molar-refractivity contribution >= 4 is 0 Å². The fourth-order valence-corrected chi connectivity index (χ4v) is 1.80. The molecule has 13 heavy (non-hydrogen) atoms. The van der Waals surface area contributed by atoms with Gasteiger partial charge in [0.05, 0.1) is 6.61 Å². The van der Waals surface area contributed by atoms with Crippen molar-refractivity contribution in [2.75, 3.05) is 0 Å². The van der Waals surface area contributed by atoms with Gasteiger partial charge in [-0.1, -0.05) is 30.3 Å². The molecule has 2 unspecified atom stereocenters. The smallest absolute Gasteiger partial charge is 0.195 e. The Hall–Kier alpha value is -0.860. The van der Waals surface area contributed by atoms with Crippen LogP contribution in [0.15, 0.2) is 30.3 Å². The van der Waals surface area contributed by atoms with E-state index in [0.29, 0.717) is 12.7 Å². The van der Waals surface area contributed by atoms with Crippen LogP contribution in [-0.4, -0.2) is 11.9 Å². The standard InChI is InChI=1S/C11H12O2/c1-2-4-9(5-3-1)8-12-11-7-6-10(11)13-11/h1-5,10H,6-8H2. The third-order valence-corrected chi connectivity index (χ3v) is 2.86. The Morgan fingerprint density at radius 3 is 2.77 bits per heavy atom. The first-order valence-corrected chi connectivity index (χ1v) is 4.75. The Bertz CT molecular complexity index is 305. The van der Waals surface area contributed by atoms with E-state index in [-0.39, 0.29) is 5.79 Å². The number of hydrogen-bond acceptors (Lipinski definition) is 2. The first-order valence-electron chi connectivity index (χ1n) is 4.75. The Morgan fingerprint density at radius 1 is 1.38 bits per heavy atom. The van der Waals surface area contributed by atoms with E-state index in [4.69, 9.17) is 9.47 Å². The lowest BCUT2D eigenvalue weighted by atomic mass is 9.96. The molecule has 3 rings (SSSR count). The molecule has 1 aliphatic heterocycles. The van der Waals surface area contributed by atoms with E-state index in [9.17, 15) is 0 Å². The van der Waals surface area contributed by atoms with Crippen molar-refractivity contribution in [1.82, 2.24) is 0 Å². The summed E-state index contributed by atoms with van der Waals surface area (Å²) in [6.07, 6.45) is 2.66. The van der Waals surface area contributed by atoms with Crippen LogP contribution in [-0.2, 0) is 16.1 Å². The van der Waals surface area contributed by atoms with Crippen LogP contribution in [0.1, 0.15) is 18.4 Å². The molecule has 0 aromatic heterocycles. The Kier molecular flexibility index (Phi) is 1.49. The minimum absolute atomic E-state index is 0.157. The molecule has 2 nitrogen and oxygen atoms in total. The van der Waals surface area contributed by atoms with E-state index < -0.39 is 0 Å². The fourth-order valence-electron chi connectivity index (χ4n) is 1.80. The number of epoxide rings is 1. The van der Waals surface area contributed by atoms with Crippen LogP contribution in [0.3, 0.4) is 0 Å². The van der Waals surface area contributed by atoms with E-state index in [2.05, 4.69) is 12.1 Å². The monoisotopic (exact) mass is 176 g/mol. The van der Waals surface area contributed by atoms with Crippen LogP contribution >= 0.6 is 0 Å². The van der Waals surface area contributed by atoms with Crippen LogP contribution in [0.25, 0.3) is 0 Å². The van der Waals surface area contributed by atoms with E-state index >= 15 is 0 Å². The SMILES string of the molecule is c1ccc(COC23CCC2O3)cc1. The molecule has 1 saturated carbocycles. The average molecular weight is 176 g/mol. The van der Waals surface area contributed by atoms with Crippen molar-refractivity contribution in [3.05, 3.63) is 35.9 Å². The van der Waals surface area contributed by atoms with Gasteiger partial charge in [0, 0.05) is 6.42 Å². The lowest BCUT2D eigenvalue weighted by Crippen LogP contribution is -2.28. The fraction of sp³-hybridized carbons (Fsp3) is 0.455. The highest BCUT2D eigenvalue weighted by Gasteiger charge is 2.65. The molecule has 1 aliphatic carbocycles. The maximum atomic E-state index is 5.70. The third kappa shape index (κ3) is 1.18. The van der Waals surface area contributed by atoms with Crippen molar-refractivity contribution in [3.8, 4) is 0 Å². The summed E-state index contributed by atoms with van der Waals surface area (Å²) in [7, 11) is 0. The third-order valence-electron chi connectivity index (χ3n) is 2.86. The predicted molar refractivity (Wildman–Crippen MR) is 48.1 cm³/mol. The maximum absolute atomic E-state index is 5.70. The highest BCUT2D eigenvalue weighted by molar-refractivity contribution is 5.14. The summed E-state index contributed by atoms with van der Waals surface area (Å²) in [6, 6.07) is 10.2. The number of fused-ring (bicyclic) bond motifs is 1. The van der Waals surface area contributed by atoms with Crippen LogP contribution in [0, 0.1) is 0 Å². The quantitative estimate of drug-likeness (QED) is 0.658. The van der Waals surface area contributed by atoms with Gasteiger partial charge in [-0.25, -0.2) is 0 Å². The molecule has 1 aromatic carbocycles. The molecule has 2 heteroatoms. The molecule has 1 saturated heterocycles. The highest BCUT2D eigenvalue weighted by Crippen LogP contribution is 2.54. The Labute approximate surface area is 77.5 Å². The predicted octanol–water partition coefficient (Wildman–Crippen LogP) is 2.09. The zero-order chi connectivity index (χ0) is 8.73. The lowest BCUT2D eigenvalue weighted by molar-refractivity contribution is -0.0687. The molecule has 2 fully saturated rings. The number of hydrogen-bond donors (Lipinski definition) is 0. The van der Waals surface area contributed by atoms with Gasteiger partial charge in [0.1, 0.15) is 6.10 Å². The Balaban J connectivity index is 1.59. The number of ether oxygens (including phenoxy) is 2. The molecule has 0 bridgehead atoms. The second-order valence-corrected chi connectivity index (χ2v) is 3.73. The summed E-state index contributed by atoms with van der Waals surface area (Å²) >= 11 is 0. The molecule has 2 aliphatic rings. The number of benzene rings is 1. The van der Waals surface area contributed by atoms with E-state index in [1.54, 1.807) is 0 Å². The maximum Gasteiger partial charge on any atom is 0.195 e. The van der Waals surface area contributed by atoms with Gasteiger partial charge in [0.15, 0.2) is 5.79 Å². The summed E-state index contributed by atoms with van der Waals surface area (Å²) in [6.45, 7) is 0.678. The first-order chi connectivity index (χ1) is 6.39. The molecule has 68 valence electrons. The molecule has 0 amide bonds. The van der Waals surface area contributed by atoms with E-state index in [1.807, 2.05) is 18.2 Å².